The maximum Gasteiger partial charge on any atom is 0.410 e. The normalized spacial score (nSPS) is 15.3. The number of hydrogen-bond donors (Lipinski definition) is 0. The van der Waals surface area contributed by atoms with Crippen LogP contribution in [0.5, 0.6) is 0 Å². The minimum Gasteiger partial charge on any atom is -0.444 e. The van der Waals surface area contributed by atoms with Gasteiger partial charge in [0.1, 0.15) is 5.60 Å². The van der Waals surface area contributed by atoms with Crippen molar-refractivity contribution in [2.45, 2.75) is 26.4 Å². The molecule has 23 heavy (non-hydrogen) atoms. The second-order valence-corrected chi connectivity index (χ2v) is 9.26. The summed E-state index contributed by atoms with van der Waals surface area (Å²) < 4.78 is 6.35. The fourth-order valence-electron chi connectivity index (χ4n) is 2.41. The molecule has 4 nitrogen and oxygen atoms in total. The highest BCUT2D eigenvalue weighted by Crippen LogP contribution is 2.23. The number of hydrogen-bond acceptors (Lipinski definition) is 3. The first kappa shape index (κ1) is 18.3. The van der Waals surface area contributed by atoms with Gasteiger partial charge in [-0.05, 0) is 76.4 Å². The Labute approximate surface area is 154 Å². The highest BCUT2D eigenvalue weighted by atomic mass is 79.9. The van der Waals surface area contributed by atoms with Crippen molar-refractivity contribution in [3.8, 4) is 0 Å². The molecule has 6 heteroatoms. The average Bonchev–Trinajstić information content (AvgIpc) is 2.45. The summed E-state index contributed by atoms with van der Waals surface area (Å²) in [6.07, 6.45) is 1.79. The van der Waals surface area contributed by atoms with Crippen molar-refractivity contribution in [2.24, 2.45) is 0 Å². The van der Waals surface area contributed by atoms with Gasteiger partial charge in [-0.1, -0.05) is 12.1 Å². The van der Waals surface area contributed by atoms with E-state index in [1.807, 2.05) is 32.9 Å². The Morgan fingerprint density at radius 1 is 1.17 bits per heavy atom. The molecule has 0 aliphatic carbocycles. The molecule has 126 valence electrons. The largest absolute Gasteiger partial charge is 0.444 e. The Hall–Kier alpha value is -1.01. The monoisotopic (exact) mass is 444 g/mol. The number of piperazine rings is 1. The van der Waals surface area contributed by atoms with Crippen LogP contribution in [0.25, 0.3) is 6.08 Å². The first-order chi connectivity index (χ1) is 10.7. The Morgan fingerprint density at radius 3 is 2.39 bits per heavy atom. The van der Waals surface area contributed by atoms with Gasteiger partial charge in [-0.3, -0.25) is 0 Å². The molecule has 0 saturated carbocycles. The zero-order chi connectivity index (χ0) is 17.0. The standard InChI is InChI=1S/C17H22Br2N2O2/c1-17(2,3)23-16(22)21-9-7-20(8-10-21)14-6-4-5-13(11-14)12-15(18)19/h4-6,11-12H,7-10H2,1-3H3. The van der Waals surface area contributed by atoms with Crippen LogP contribution in [0.1, 0.15) is 26.3 Å². The summed E-state index contributed by atoms with van der Waals surface area (Å²) in [6, 6.07) is 8.35. The molecule has 1 aromatic rings. The number of benzene rings is 1. The lowest BCUT2D eigenvalue weighted by Gasteiger charge is -2.36. The highest BCUT2D eigenvalue weighted by molar-refractivity contribution is 9.28. The molecule has 1 heterocycles. The fourth-order valence-corrected chi connectivity index (χ4v) is 2.94. The summed E-state index contributed by atoms with van der Waals surface area (Å²) >= 11 is 6.77. The predicted octanol–water partition coefficient (Wildman–Crippen LogP) is 4.83. The molecule has 1 amide bonds. The van der Waals surface area contributed by atoms with Gasteiger partial charge in [0.2, 0.25) is 0 Å². The molecule has 0 aromatic heterocycles. The molecule has 0 bridgehead atoms. The minimum absolute atomic E-state index is 0.225. The Balaban J connectivity index is 1.97. The number of nitrogens with zero attached hydrogens (tertiary/aromatic N) is 2. The number of amides is 1. The van der Waals surface area contributed by atoms with Crippen LogP contribution in [0.15, 0.2) is 27.7 Å². The van der Waals surface area contributed by atoms with E-state index in [1.54, 1.807) is 4.90 Å². The van der Waals surface area contributed by atoms with Gasteiger partial charge < -0.3 is 14.5 Å². The predicted molar refractivity (Wildman–Crippen MR) is 102 cm³/mol. The third-order valence-corrected chi connectivity index (χ3v) is 3.90. The van der Waals surface area contributed by atoms with Gasteiger partial charge in [-0.2, -0.15) is 0 Å². The van der Waals surface area contributed by atoms with Crippen molar-refractivity contribution in [1.82, 2.24) is 4.90 Å². The lowest BCUT2D eigenvalue weighted by atomic mass is 10.1. The van der Waals surface area contributed by atoms with Crippen molar-refractivity contribution < 1.29 is 9.53 Å². The lowest BCUT2D eigenvalue weighted by Crippen LogP contribution is -2.50. The molecule has 2 rings (SSSR count). The second-order valence-electron chi connectivity index (χ2n) is 6.48. The van der Waals surface area contributed by atoms with E-state index in [1.165, 1.54) is 5.69 Å². The van der Waals surface area contributed by atoms with Crippen molar-refractivity contribution in [1.29, 1.82) is 0 Å². The summed E-state index contributed by atoms with van der Waals surface area (Å²) in [7, 11) is 0. The number of rotatable bonds is 2. The number of ether oxygens (including phenoxy) is 1. The van der Waals surface area contributed by atoms with Gasteiger partial charge in [0.25, 0.3) is 0 Å². The van der Waals surface area contributed by atoms with Crippen LogP contribution in [0, 0.1) is 0 Å². The van der Waals surface area contributed by atoms with Crippen molar-refractivity contribution in [3.63, 3.8) is 0 Å². The molecule has 0 unspecified atom stereocenters. The van der Waals surface area contributed by atoms with Crippen molar-refractivity contribution in [3.05, 3.63) is 33.2 Å². The summed E-state index contributed by atoms with van der Waals surface area (Å²) in [5.41, 5.74) is 1.85. The van der Waals surface area contributed by atoms with E-state index in [-0.39, 0.29) is 6.09 Å². The van der Waals surface area contributed by atoms with E-state index in [2.05, 4.69) is 55.0 Å². The van der Waals surface area contributed by atoms with Crippen LogP contribution in [-0.4, -0.2) is 42.8 Å². The van der Waals surface area contributed by atoms with Crippen LogP contribution in [0.4, 0.5) is 10.5 Å². The molecular weight excluding hydrogens is 424 g/mol. The average molecular weight is 446 g/mol. The molecule has 1 fully saturated rings. The van der Waals surface area contributed by atoms with Gasteiger partial charge in [-0.25, -0.2) is 4.79 Å². The summed E-state index contributed by atoms with van der Waals surface area (Å²) in [5.74, 6) is 0. The lowest BCUT2D eigenvalue weighted by molar-refractivity contribution is 0.0240. The van der Waals surface area contributed by atoms with E-state index in [0.29, 0.717) is 13.1 Å². The van der Waals surface area contributed by atoms with Gasteiger partial charge in [0, 0.05) is 31.9 Å². The molecule has 1 saturated heterocycles. The van der Waals surface area contributed by atoms with Crippen LogP contribution in [0.2, 0.25) is 0 Å². The smallest absolute Gasteiger partial charge is 0.410 e. The number of carbonyl (C=O) groups is 1. The van der Waals surface area contributed by atoms with Gasteiger partial charge in [-0.15, -0.1) is 0 Å². The van der Waals surface area contributed by atoms with Crippen LogP contribution >= 0.6 is 31.9 Å². The van der Waals surface area contributed by atoms with Crippen LogP contribution in [-0.2, 0) is 4.74 Å². The van der Waals surface area contributed by atoms with E-state index in [4.69, 9.17) is 4.74 Å². The topological polar surface area (TPSA) is 32.8 Å². The SMILES string of the molecule is CC(C)(C)OC(=O)N1CCN(c2cccc(C=C(Br)Br)c2)CC1. The molecular formula is C17H22Br2N2O2. The molecule has 0 N–H and O–H groups in total. The second kappa shape index (κ2) is 7.71. The van der Waals surface area contributed by atoms with Crippen molar-refractivity contribution in [2.75, 3.05) is 31.1 Å². The van der Waals surface area contributed by atoms with E-state index in [9.17, 15) is 4.79 Å². The maximum atomic E-state index is 12.1. The van der Waals surface area contributed by atoms with Crippen molar-refractivity contribution >= 4 is 49.7 Å². The zero-order valence-corrected chi connectivity index (χ0v) is 16.9. The number of carbonyl (C=O) groups excluding carboxylic acids is 1. The Bertz CT molecular complexity index is 585. The molecule has 1 aliphatic rings. The first-order valence-corrected chi connectivity index (χ1v) is 9.19. The van der Waals surface area contributed by atoms with E-state index in [0.717, 1.165) is 22.0 Å². The zero-order valence-electron chi connectivity index (χ0n) is 13.7. The highest BCUT2D eigenvalue weighted by Gasteiger charge is 2.25. The quantitative estimate of drug-likeness (QED) is 0.653. The van der Waals surface area contributed by atoms with Gasteiger partial charge >= 0.3 is 6.09 Å². The first-order valence-electron chi connectivity index (χ1n) is 7.60. The third-order valence-electron chi connectivity index (χ3n) is 3.44. The van der Waals surface area contributed by atoms with Gasteiger partial charge in [0.15, 0.2) is 0 Å². The molecule has 0 spiro atoms. The minimum atomic E-state index is -0.446. The third kappa shape index (κ3) is 5.84. The summed E-state index contributed by atoms with van der Waals surface area (Å²) in [6.45, 7) is 8.64. The Morgan fingerprint density at radius 2 is 1.83 bits per heavy atom. The van der Waals surface area contributed by atoms with E-state index >= 15 is 0 Å². The Kier molecular flexibility index (Phi) is 6.14. The molecule has 0 atom stereocenters. The molecule has 1 aliphatic heterocycles. The fraction of sp³-hybridized carbons (Fsp3) is 0.471. The molecule has 1 aromatic carbocycles. The molecule has 0 radical (unpaired) electrons. The summed E-state index contributed by atoms with van der Waals surface area (Å²) in [4.78, 5) is 16.2. The van der Waals surface area contributed by atoms with E-state index < -0.39 is 5.60 Å². The number of halogens is 2. The number of anilines is 1. The van der Waals surface area contributed by atoms with Gasteiger partial charge in [0.05, 0.1) is 3.39 Å². The van der Waals surface area contributed by atoms with Crippen LogP contribution in [0.3, 0.4) is 0 Å². The van der Waals surface area contributed by atoms with Crippen LogP contribution < -0.4 is 4.90 Å². The maximum absolute atomic E-state index is 12.1. The summed E-state index contributed by atoms with van der Waals surface area (Å²) in [5, 5.41) is 0.